The number of hydrogen-bond acceptors (Lipinski definition) is 4. The van der Waals surface area contributed by atoms with E-state index in [-0.39, 0.29) is 5.91 Å². The Kier molecular flexibility index (Phi) is 5.57. The lowest BCUT2D eigenvalue weighted by atomic mass is 10.2. The quantitative estimate of drug-likeness (QED) is 0.898. The third-order valence-electron chi connectivity index (χ3n) is 3.07. The fourth-order valence-corrected chi connectivity index (χ4v) is 2.46. The zero-order valence-electron chi connectivity index (χ0n) is 12.3. The molecule has 0 radical (unpaired) electrons. The van der Waals surface area contributed by atoms with E-state index in [1.165, 1.54) is 12.4 Å². The Morgan fingerprint density at radius 1 is 1.09 bits per heavy atom. The summed E-state index contributed by atoms with van der Waals surface area (Å²) < 4.78 is 0. The van der Waals surface area contributed by atoms with E-state index in [0.29, 0.717) is 27.2 Å². The molecule has 5 nitrogen and oxygen atoms in total. The maximum Gasteiger partial charge on any atom is 0.258 e. The van der Waals surface area contributed by atoms with Crippen LogP contribution >= 0.6 is 23.2 Å². The summed E-state index contributed by atoms with van der Waals surface area (Å²) in [5.41, 5.74) is 0.891. The summed E-state index contributed by atoms with van der Waals surface area (Å²) in [4.78, 5) is 22.6. The summed E-state index contributed by atoms with van der Waals surface area (Å²) in [6, 6.07) is 4.84. The second-order valence-electron chi connectivity index (χ2n) is 4.56. The summed E-state index contributed by atoms with van der Waals surface area (Å²) in [6.45, 7) is 5.67. The van der Waals surface area contributed by atoms with E-state index in [1.54, 1.807) is 18.2 Å². The Balaban J connectivity index is 2.12. The van der Waals surface area contributed by atoms with Crippen LogP contribution in [0.2, 0.25) is 10.0 Å². The Morgan fingerprint density at radius 3 is 2.14 bits per heavy atom. The first kappa shape index (κ1) is 16.5. The summed E-state index contributed by atoms with van der Waals surface area (Å²) in [5.74, 6) is 0.289. The molecule has 2 rings (SSSR count). The van der Waals surface area contributed by atoms with Crippen molar-refractivity contribution in [1.82, 2.24) is 9.97 Å². The number of carbonyl (C=O) groups is 1. The topological polar surface area (TPSA) is 58.1 Å². The van der Waals surface area contributed by atoms with Gasteiger partial charge >= 0.3 is 0 Å². The minimum Gasteiger partial charge on any atom is -0.341 e. The van der Waals surface area contributed by atoms with Gasteiger partial charge < -0.3 is 10.2 Å². The van der Waals surface area contributed by atoms with Crippen molar-refractivity contribution >= 4 is 40.7 Å². The van der Waals surface area contributed by atoms with E-state index in [4.69, 9.17) is 23.2 Å². The lowest BCUT2D eigenvalue weighted by Gasteiger charge is -2.18. The Morgan fingerprint density at radius 2 is 1.64 bits per heavy atom. The smallest absolute Gasteiger partial charge is 0.258 e. The number of amides is 1. The van der Waals surface area contributed by atoms with Gasteiger partial charge in [0.1, 0.15) is 0 Å². The largest absolute Gasteiger partial charge is 0.341 e. The van der Waals surface area contributed by atoms with Crippen molar-refractivity contribution < 1.29 is 4.79 Å². The van der Waals surface area contributed by atoms with Gasteiger partial charge in [-0.3, -0.25) is 4.79 Å². The third-order valence-corrected chi connectivity index (χ3v) is 3.50. The van der Waals surface area contributed by atoms with Crippen molar-refractivity contribution in [1.29, 1.82) is 0 Å². The first-order chi connectivity index (χ1) is 10.5. The Hall–Kier alpha value is -1.85. The number of nitrogens with zero attached hydrogens (tertiary/aromatic N) is 3. The average Bonchev–Trinajstić information content (AvgIpc) is 2.48. The van der Waals surface area contributed by atoms with Crippen LogP contribution in [0, 0.1) is 0 Å². The highest BCUT2D eigenvalue weighted by Gasteiger charge is 2.10. The number of aromatic nitrogens is 2. The number of anilines is 2. The highest BCUT2D eigenvalue weighted by molar-refractivity contribution is 6.35. The number of hydrogen-bond donors (Lipinski definition) is 1. The molecule has 0 aliphatic carbocycles. The van der Waals surface area contributed by atoms with Gasteiger partial charge in [0, 0.05) is 41.2 Å². The van der Waals surface area contributed by atoms with Crippen molar-refractivity contribution in [3.05, 3.63) is 46.2 Å². The minimum atomic E-state index is -0.315. The number of halogens is 2. The molecule has 1 aromatic heterocycles. The molecular formula is C15H16Cl2N4O. The SMILES string of the molecule is CCN(CC)c1ncc(C(=O)Nc2cc(Cl)cc(Cl)c2)cn1. The molecule has 0 fully saturated rings. The molecule has 1 N–H and O–H groups in total. The Bertz CT molecular complexity index is 637. The van der Waals surface area contributed by atoms with Crippen LogP contribution in [0.3, 0.4) is 0 Å². The van der Waals surface area contributed by atoms with E-state index in [9.17, 15) is 4.79 Å². The third kappa shape index (κ3) is 4.08. The fourth-order valence-electron chi connectivity index (χ4n) is 1.94. The molecule has 0 saturated carbocycles. The monoisotopic (exact) mass is 338 g/mol. The van der Waals surface area contributed by atoms with Gasteiger partial charge in [-0.05, 0) is 32.0 Å². The molecule has 1 aromatic carbocycles. The highest BCUT2D eigenvalue weighted by atomic mass is 35.5. The van der Waals surface area contributed by atoms with Crippen LogP contribution < -0.4 is 10.2 Å². The maximum atomic E-state index is 12.2. The summed E-state index contributed by atoms with van der Waals surface area (Å²) >= 11 is 11.8. The van der Waals surface area contributed by atoms with Crippen LogP contribution in [-0.4, -0.2) is 29.0 Å². The van der Waals surface area contributed by atoms with E-state index in [1.807, 2.05) is 18.7 Å². The molecule has 0 spiro atoms. The minimum absolute atomic E-state index is 0.315. The number of carbonyl (C=O) groups excluding carboxylic acids is 1. The van der Waals surface area contributed by atoms with Crippen LogP contribution in [0.1, 0.15) is 24.2 Å². The fraction of sp³-hybridized carbons (Fsp3) is 0.267. The van der Waals surface area contributed by atoms with Crippen molar-refractivity contribution in [2.24, 2.45) is 0 Å². The molecular weight excluding hydrogens is 323 g/mol. The predicted molar refractivity (Wildman–Crippen MR) is 90.0 cm³/mol. The van der Waals surface area contributed by atoms with Gasteiger partial charge in [-0.1, -0.05) is 23.2 Å². The molecule has 0 aliphatic rings. The molecule has 0 bridgehead atoms. The summed E-state index contributed by atoms with van der Waals surface area (Å²) in [5, 5.41) is 3.62. The highest BCUT2D eigenvalue weighted by Crippen LogP contribution is 2.22. The summed E-state index contributed by atoms with van der Waals surface area (Å²) in [6.07, 6.45) is 3.00. The van der Waals surface area contributed by atoms with Gasteiger partial charge in [0.2, 0.25) is 5.95 Å². The van der Waals surface area contributed by atoms with Gasteiger partial charge in [-0.15, -0.1) is 0 Å². The van der Waals surface area contributed by atoms with Crippen molar-refractivity contribution in [3.8, 4) is 0 Å². The molecule has 0 unspecified atom stereocenters. The molecule has 0 saturated heterocycles. The molecule has 22 heavy (non-hydrogen) atoms. The normalized spacial score (nSPS) is 10.4. The zero-order valence-corrected chi connectivity index (χ0v) is 13.8. The second kappa shape index (κ2) is 7.42. The molecule has 0 aliphatic heterocycles. The number of nitrogens with one attached hydrogen (secondary N) is 1. The molecule has 0 atom stereocenters. The van der Waals surface area contributed by atoms with Gasteiger partial charge in [-0.2, -0.15) is 0 Å². The van der Waals surface area contributed by atoms with Crippen molar-refractivity contribution in [2.45, 2.75) is 13.8 Å². The lowest BCUT2D eigenvalue weighted by Crippen LogP contribution is -2.24. The van der Waals surface area contributed by atoms with Crippen LogP contribution in [0.25, 0.3) is 0 Å². The Labute approximate surface area is 139 Å². The molecule has 2 aromatic rings. The van der Waals surface area contributed by atoms with E-state index < -0.39 is 0 Å². The van der Waals surface area contributed by atoms with Gasteiger partial charge in [0.05, 0.1) is 5.56 Å². The number of rotatable bonds is 5. The summed E-state index contributed by atoms with van der Waals surface area (Å²) in [7, 11) is 0. The van der Waals surface area contributed by atoms with Crippen LogP contribution in [0.4, 0.5) is 11.6 Å². The van der Waals surface area contributed by atoms with Gasteiger partial charge in [0.25, 0.3) is 5.91 Å². The first-order valence-corrected chi connectivity index (χ1v) is 7.63. The second-order valence-corrected chi connectivity index (χ2v) is 5.43. The maximum absolute atomic E-state index is 12.2. The molecule has 116 valence electrons. The van der Waals surface area contributed by atoms with Gasteiger partial charge in [-0.25, -0.2) is 9.97 Å². The first-order valence-electron chi connectivity index (χ1n) is 6.88. The van der Waals surface area contributed by atoms with E-state index >= 15 is 0 Å². The van der Waals surface area contributed by atoms with Crippen LogP contribution in [-0.2, 0) is 0 Å². The van der Waals surface area contributed by atoms with Gasteiger partial charge in [0.15, 0.2) is 0 Å². The van der Waals surface area contributed by atoms with Crippen molar-refractivity contribution in [3.63, 3.8) is 0 Å². The standard InChI is InChI=1S/C15H16Cl2N4O/c1-3-21(4-2)15-18-8-10(9-19-15)14(22)20-13-6-11(16)5-12(17)7-13/h5-9H,3-4H2,1-2H3,(H,20,22). The van der Waals surface area contributed by atoms with Crippen LogP contribution in [0.15, 0.2) is 30.6 Å². The average molecular weight is 339 g/mol. The zero-order chi connectivity index (χ0) is 16.1. The van der Waals surface area contributed by atoms with E-state index in [2.05, 4.69) is 15.3 Å². The molecule has 1 amide bonds. The van der Waals surface area contributed by atoms with Crippen LogP contribution in [0.5, 0.6) is 0 Å². The molecule has 1 heterocycles. The van der Waals surface area contributed by atoms with Crippen molar-refractivity contribution in [2.75, 3.05) is 23.3 Å². The lowest BCUT2D eigenvalue weighted by molar-refractivity contribution is 0.102. The predicted octanol–water partition coefficient (Wildman–Crippen LogP) is 3.88. The van der Waals surface area contributed by atoms with E-state index in [0.717, 1.165) is 13.1 Å². The number of benzene rings is 1. The molecule has 7 heteroatoms.